The first kappa shape index (κ1) is 25.2. The van der Waals surface area contributed by atoms with Gasteiger partial charge in [-0.05, 0) is 86.3 Å². The van der Waals surface area contributed by atoms with Gasteiger partial charge < -0.3 is 10.1 Å². The average Bonchev–Trinajstić information content (AvgIpc) is 3.25. The molecule has 5 rings (SSSR count). The summed E-state index contributed by atoms with van der Waals surface area (Å²) in [5.74, 6) is 0.0954. The van der Waals surface area contributed by atoms with Crippen molar-refractivity contribution in [2.75, 3.05) is 11.9 Å². The summed E-state index contributed by atoms with van der Waals surface area (Å²) >= 11 is 0. The molecule has 0 radical (unpaired) electrons. The molecule has 2 heterocycles. The van der Waals surface area contributed by atoms with Crippen LogP contribution in [0.4, 0.5) is 14.5 Å². The Kier molecular flexibility index (Phi) is 6.87. The molecule has 7 nitrogen and oxygen atoms in total. The SMILES string of the molecule is Cc1n[nH]c2ccc(-c3ccc(S(=O)(=O)N4CCC(Nc5ccc(OC(F)F)cc5)CC4C)cc3)cc12. The number of fused-ring (bicyclic) bond motifs is 1. The summed E-state index contributed by atoms with van der Waals surface area (Å²) in [4.78, 5) is 0.268. The standard InChI is InChI=1S/C27H28F2N4O3S/c1-17-15-22(30-21-6-8-23(9-7-21)36-27(28)29)13-14-33(17)37(34,35)24-10-3-19(4-11-24)20-5-12-26-25(16-20)18(2)31-32-26/h3-12,16-17,22,27,30H,13-15H2,1-2H3,(H,31,32). The molecule has 1 fully saturated rings. The van der Waals surface area contributed by atoms with Crippen LogP contribution in [0.3, 0.4) is 0 Å². The largest absolute Gasteiger partial charge is 0.435 e. The number of halogens is 2. The molecule has 2 N–H and O–H groups in total. The molecule has 0 amide bonds. The number of aromatic nitrogens is 2. The van der Waals surface area contributed by atoms with Gasteiger partial charge in [-0.15, -0.1) is 0 Å². The number of nitrogens with zero attached hydrogens (tertiary/aromatic N) is 2. The summed E-state index contributed by atoms with van der Waals surface area (Å²) in [6, 6.07) is 19.2. The first-order valence-corrected chi connectivity index (χ1v) is 13.5. The van der Waals surface area contributed by atoms with Crippen molar-refractivity contribution in [1.29, 1.82) is 0 Å². The number of anilines is 1. The Morgan fingerprint density at radius 1 is 1.05 bits per heavy atom. The molecule has 0 spiro atoms. The minimum Gasteiger partial charge on any atom is -0.435 e. The van der Waals surface area contributed by atoms with Gasteiger partial charge in [-0.1, -0.05) is 18.2 Å². The van der Waals surface area contributed by atoms with E-state index in [0.717, 1.165) is 33.4 Å². The van der Waals surface area contributed by atoms with Crippen LogP contribution >= 0.6 is 0 Å². The zero-order valence-corrected chi connectivity index (χ0v) is 21.3. The molecule has 37 heavy (non-hydrogen) atoms. The van der Waals surface area contributed by atoms with Gasteiger partial charge in [0.05, 0.1) is 16.1 Å². The number of benzene rings is 3. The molecular formula is C27H28F2N4O3S. The Morgan fingerprint density at radius 2 is 1.76 bits per heavy atom. The van der Waals surface area contributed by atoms with Crippen LogP contribution in [0.5, 0.6) is 5.75 Å². The minimum absolute atomic E-state index is 0.0620. The zero-order chi connectivity index (χ0) is 26.2. The first-order valence-electron chi connectivity index (χ1n) is 12.1. The van der Waals surface area contributed by atoms with Gasteiger partial charge in [-0.25, -0.2) is 8.42 Å². The number of sulfonamides is 1. The highest BCUT2D eigenvalue weighted by Gasteiger charge is 2.34. The van der Waals surface area contributed by atoms with E-state index in [9.17, 15) is 17.2 Å². The molecule has 0 aliphatic carbocycles. The van der Waals surface area contributed by atoms with Gasteiger partial charge in [-0.3, -0.25) is 5.10 Å². The maximum atomic E-state index is 13.4. The second kappa shape index (κ2) is 10.1. The van der Waals surface area contributed by atoms with Crippen molar-refractivity contribution < 1.29 is 21.9 Å². The third-order valence-corrected chi connectivity index (χ3v) is 8.84. The van der Waals surface area contributed by atoms with Crippen LogP contribution in [0.1, 0.15) is 25.5 Å². The fraction of sp³-hybridized carbons (Fsp3) is 0.296. The molecule has 0 bridgehead atoms. The second-order valence-corrected chi connectivity index (χ2v) is 11.2. The van der Waals surface area contributed by atoms with Gasteiger partial charge in [0.1, 0.15) is 5.75 Å². The van der Waals surface area contributed by atoms with E-state index in [2.05, 4.69) is 26.3 Å². The summed E-state index contributed by atoms with van der Waals surface area (Å²) in [5.41, 5.74) is 4.58. The Hall–Kier alpha value is -3.50. The van der Waals surface area contributed by atoms with Gasteiger partial charge in [0.2, 0.25) is 10.0 Å². The number of rotatable bonds is 7. The van der Waals surface area contributed by atoms with Crippen molar-refractivity contribution in [3.8, 4) is 16.9 Å². The van der Waals surface area contributed by atoms with Gasteiger partial charge in [0.25, 0.3) is 0 Å². The summed E-state index contributed by atoms with van der Waals surface area (Å²) < 4.78 is 57.5. The highest BCUT2D eigenvalue weighted by atomic mass is 32.2. The maximum absolute atomic E-state index is 13.4. The van der Waals surface area contributed by atoms with Crippen molar-refractivity contribution in [3.63, 3.8) is 0 Å². The van der Waals surface area contributed by atoms with E-state index in [0.29, 0.717) is 19.4 Å². The van der Waals surface area contributed by atoms with E-state index < -0.39 is 16.6 Å². The predicted molar refractivity (Wildman–Crippen MR) is 139 cm³/mol. The number of aromatic amines is 1. The van der Waals surface area contributed by atoms with E-state index in [1.54, 1.807) is 28.6 Å². The lowest BCUT2D eigenvalue weighted by molar-refractivity contribution is -0.0498. The molecular weight excluding hydrogens is 498 g/mol. The Balaban J connectivity index is 1.25. The van der Waals surface area contributed by atoms with E-state index in [1.807, 2.05) is 38.1 Å². The minimum atomic E-state index is -3.65. The smallest absolute Gasteiger partial charge is 0.387 e. The molecule has 2 unspecified atom stereocenters. The lowest BCUT2D eigenvalue weighted by atomic mass is 10.0. The van der Waals surface area contributed by atoms with Crippen molar-refractivity contribution in [1.82, 2.24) is 14.5 Å². The molecule has 194 valence electrons. The number of alkyl halides is 2. The summed E-state index contributed by atoms with van der Waals surface area (Å²) in [6.45, 7) is 1.37. The Bertz CT molecular complexity index is 1490. The van der Waals surface area contributed by atoms with Gasteiger partial charge in [-0.2, -0.15) is 18.2 Å². The average molecular weight is 527 g/mol. The molecule has 10 heteroatoms. The topological polar surface area (TPSA) is 87.3 Å². The van der Waals surface area contributed by atoms with Crippen LogP contribution in [0, 0.1) is 6.92 Å². The normalized spacial score (nSPS) is 18.8. The van der Waals surface area contributed by atoms with Crippen LogP contribution in [0.25, 0.3) is 22.0 Å². The van der Waals surface area contributed by atoms with Crippen LogP contribution in [0.2, 0.25) is 0 Å². The first-order chi connectivity index (χ1) is 17.7. The molecule has 0 saturated carbocycles. The lowest BCUT2D eigenvalue weighted by Gasteiger charge is -2.37. The predicted octanol–water partition coefficient (Wildman–Crippen LogP) is 5.79. The maximum Gasteiger partial charge on any atom is 0.387 e. The van der Waals surface area contributed by atoms with E-state index in [1.165, 1.54) is 12.1 Å². The Labute approximate surface area is 214 Å². The van der Waals surface area contributed by atoms with Crippen molar-refractivity contribution in [2.45, 2.75) is 50.3 Å². The van der Waals surface area contributed by atoms with Gasteiger partial charge in [0.15, 0.2) is 0 Å². The lowest BCUT2D eigenvalue weighted by Crippen LogP contribution is -2.47. The summed E-state index contributed by atoms with van der Waals surface area (Å²) in [6.07, 6.45) is 1.25. The molecule has 2 atom stereocenters. The fourth-order valence-corrected chi connectivity index (χ4v) is 6.54. The number of piperidine rings is 1. The summed E-state index contributed by atoms with van der Waals surface area (Å²) in [5, 5.41) is 11.6. The van der Waals surface area contributed by atoms with E-state index in [4.69, 9.17) is 0 Å². The highest BCUT2D eigenvalue weighted by Crippen LogP contribution is 2.30. The molecule has 1 aliphatic rings. The molecule has 1 saturated heterocycles. The van der Waals surface area contributed by atoms with E-state index in [-0.39, 0.29) is 22.7 Å². The third-order valence-electron chi connectivity index (χ3n) is 6.81. The van der Waals surface area contributed by atoms with E-state index >= 15 is 0 Å². The molecule has 4 aromatic rings. The third kappa shape index (κ3) is 5.30. The molecule has 3 aromatic carbocycles. The second-order valence-electron chi connectivity index (χ2n) is 9.33. The number of aryl methyl sites for hydroxylation is 1. The van der Waals surface area contributed by atoms with Crippen molar-refractivity contribution in [3.05, 3.63) is 72.4 Å². The number of hydrogen-bond donors (Lipinski definition) is 2. The van der Waals surface area contributed by atoms with Crippen LogP contribution in [-0.2, 0) is 10.0 Å². The highest BCUT2D eigenvalue weighted by molar-refractivity contribution is 7.89. The van der Waals surface area contributed by atoms with Crippen molar-refractivity contribution in [2.24, 2.45) is 0 Å². The summed E-state index contributed by atoms with van der Waals surface area (Å²) in [7, 11) is -3.65. The number of H-pyrrole nitrogens is 1. The van der Waals surface area contributed by atoms with Gasteiger partial charge in [0, 0.05) is 29.7 Å². The van der Waals surface area contributed by atoms with Crippen LogP contribution in [-0.4, -0.2) is 48.2 Å². The number of ether oxygens (including phenoxy) is 1. The zero-order valence-electron chi connectivity index (χ0n) is 20.5. The monoisotopic (exact) mass is 526 g/mol. The van der Waals surface area contributed by atoms with Crippen LogP contribution < -0.4 is 10.1 Å². The van der Waals surface area contributed by atoms with Crippen LogP contribution in [0.15, 0.2) is 71.6 Å². The number of nitrogens with one attached hydrogen (secondary N) is 2. The fourth-order valence-electron chi connectivity index (χ4n) is 4.89. The molecule has 1 aliphatic heterocycles. The van der Waals surface area contributed by atoms with Gasteiger partial charge >= 0.3 is 6.61 Å². The Morgan fingerprint density at radius 3 is 2.43 bits per heavy atom. The molecule has 1 aromatic heterocycles. The quantitative estimate of drug-likeness (QED) is 0.318. The van der Waals surface area contributed by atoms with Crippen molar-refractivity contribution >= 4 is 26.6 Å². The number of hydrogen-bond acceptors (Lipinski definition) is 5.